The summed E-state index contributed by atoms with van der Waals surface area (Å²) in [7, 11) is 3.51. The predicted molar refractivity (Wildman–Crippen MR) is 113 cm³/mol. The average Bonchev–Trinajstić information content (AvgIpc) is 2.64. The molecular weight excluding hydrogens is 431 g/mol. The lowest BCUT2D eigenvalue weighted by molar-refractivity contribution is 0.0389. The van der Waals surface area contributed by atoms with E-state index in [1.807, 2.05) is 19.2 Å². The van der Waals surface area contributed by atoms with Gasteiger partial charge in [0.25, 0.3) is 0 Å². The molecule has 1 saturated heterocycles. The highest BCUT2D eigenvalue weighted by Gasteiger charge is 2.09. The van der Waals surface area contributed by atoms with Crippen molar-refractivity contribution < 1.29 is 9.47 Å². The van der Waals surface area contributed by atoms with Crippen LogP contribution in [0.3, 0.4) is 0 Å². The first kappa shape index (κ1) is 22.0. The summed E-state index contributed by atoms with van der Waals surface area (Å²) in [6.07, 6.45) is 2.08. The van der Waals surface area contributed by atoms with Gasteiger partial charge in [-0.1, -0.05) is 12.1 Å². The topological polar surface area (TPSA) is 58.1 Å². The van der Waals surface area contributed by atoms with E-state index in [0.29, 0.717) is 0 Å². The van der Waals surface area contributed by atoms with Gasteiger partial charge in [0.1, 0.15) is 5.75 Å². The zero-order valence-electron chi connectivity index (χ0n) is 15.3. The summed E-state index contributed by atoms with van der Waals surface area (Å²) in [4.78, 5) is 6.68. The molecule has 0 saturated carbocycles. The van der Waals surface area contributed by atoms with Crippen molar-refractivity contribution in [1.29, 1.82) is 0 Å². The lowest BCUT2D eigenvalue weighted by Gasteiger charge is -2.26. The molecule has 142 valence electrons. The van der Waals surface area contributed by atoms with E-state index in [2.05, 4.69) is 32.7 Å². The normalized spacial score (nSPS) is 15.4. The predicted octanol–water partition coefficient (Wildman–Crippen LogP) is 1.74. The third-order valence-electron chi connectivity index (χ3n) is 4.12. The molecule has 1 aliphatic heterocycles. The molecule has 2 N–H and O–H groups in total. The molecule has 1 aliphatic rings. The molecule has 1 aromatic rings. The zero-order chi connectivity index (χ0) is 17.0. The summed E-state index contributed by atoms with van der Waals surface area (Å²) in [5.41, 5.74) is 1.30. The Bertz CT molecular complexity index is 508. The van der Waals surface area contributed by atoms with E-state index in [0.717, 1.165) is 70.5 Å². The van der Waals surface area contributed by atoms with E-state index in [4.69, 9.17) is 9.47 Å². The maximum absolute atomic E-state index is 5.36. The molecule has 0 aromatic heterocycles. The Hall–Kier alpha value is -1.06. The summed E-state index contributed by atoms with van der Waals surface area (Å²) >= 11 is 0. The number of nitrogens with one attached hydrogen (secondary N) is 2. The number of nitrogens with zero attached hydrogens (tertiary/aromatic N) is 2. The Balaban J connectivity index is 0.00000312. The van der Waals surface area contributed by atoms with Crippen LogP contribution in [0.1, 0.15) is 12.0 Å². The van der Waals surface area contributed by atoms with Crippen molar-refractivity contribution in [2.24, 2.45) is 4.99 Å². The molecule has 7 heteroatoms. The maximum atomic E-state index is 5.36. The summed E-state index contributed by atoms with van der Waals surface area (Å²) in [6, 6.07) is 8.24. The number of hydrogen-bond donors (Lipinski definition) is 2. The SMILES string of the molecule is CN=C(NCCCc1cccc(OC)c1)NCCN1CCOCC1.I. The molecule has 0 radical (unpaired) electrons. The van der Waals surface area contributed by atoms with Gasteiger partial charge in [0.2, 0.25) is 0 Å². The monoisotopic (exact) mass is 462 g/mol. The third kappa shape index (κ3) is 8.73. The number of hydrogen-bond acceptors (Lipinski definition) is 4. The maximum Gasteiger partial charge on any atom is 0.191 e. The minimum atomic E-state index is 0. The van der Waals surface area contributed by atoms with Crippen molar-refractivity contribution in [1.82, 2.24) is 15.5 Å². The van der Waals surface area contributed by atoms with E-state index < -0.39 is 0 Å². The summed E-state index contributed by atoms with van der Waals surface area (Å²) in [5.74, 6) is 1.79. The van der Waals surface area contributed by atoms with Crippen LogP contribution in [0, 0.1) is 0 Å². The average molecular weight is 462 g/mol. The van der Waals surface area contributed by atoms with Crippen molar-refractivity contribution >= 4 is 29.9 Å². The molecule has 25 heavy (non-hydrogen) atoms. The summed E-state index contributed by atoms with van der Waals surface area (Å²) in [6.45, 7) is 6.55. The first-order valence-corrected chi connectivity index (χ1v) is 8.69. The first-order valence-electron chi connectivity index (χ1n) is 8.69. The molecule has 1 fully saturated rings. The highest BCUT2D eigenvalue weighted by molar-refractivity contribution is 14.0. The quantitative estimate of drug-likeness (QED) is 0.267. The number of morpholine rings is 1. The Morgan fingerprint density at radius 2 is 2.00 bits per heavy atom. The second-order valence-corrected chi connectivity index (χ2v) is 5.83. The highest BCUT2D eigenvalue weighted by Crippen LogP contribution is 2.13. The Morgan fingerprint density at radius 1 is 1.24 bits per heavy atom. The van der Waals surface area contributed by atoms with Gasteiger partial charge < -0.3 is 20.1 Å². The number of ether oxygens (including phenoxy) is 2. The number of guanidine groups is 1. The van der Waals surface area contributed by atoms with Crippen LogP contribution < -0.4 is 15.4 Å². The second kappa shape index (κ2) is 13.2. The van der Waals surface area contributed by atoms with Crippen LogP contribution >= 0.6 is 24.0 Å². The molecule has 0 bridgehead atoms. The fourth-order valence-corrected chi connectivity index (χ4v) is 2.71. The highest BCUT2D eigenvalue weighted by atomic mass is 127. The van der Waals surface area contributed by atoms with E-state index in [1.54, 1.807) is 7.11 Å². The standard InChI is InChI=1S/C18H30N4O2.HI/c1-19-18(21-9-10-22-11-13-24-14-12-22)20-8-4-6-16-5-3-7-17(15-16)23-2;/h3,5,7,15H,4,6,8-14H2,1-2H3,(H2,19,20,21);1H. The van der Waals surface area contributed by atoms with E-state index in [-0.39, 0.29) is 24.0 Å². The van der Waals surface area contributed by atoms with Crippen LogP contribution in [-0.2, 0) is 11.2 Å². The lowest BCUT2D eigenvalue weighted by atomic mass is 10.1. The van der Waals surface area contributed by atoms with Crippen molar-refractivity contribution in [3.05, 3.63) is 29.8 Å². The summed E-state index contributed by atoms with van der Waals surface area (Å²) < 4.78 is 10.6. The van der Waals surface area contributed by atoms with Crippen molar-refractivity contribution in [3.8, 4) is 5.75 Å². The van der Waals surface area contributed by atoms with Gasteiger partial charge in [-0.25, -0.2) is 0 Å². The molecule has 0 amide bonds. The minimum absolute atomic E-state index is 0. The van der Waals surface area contributed by atoms with Crippen molar-refractivity contribution in [2.75, 3.05) is 60.1 Å². The van der Waals surface area contributed by atoms with Gasteiger partial charge in [-0.3, -0.25) is 9.89 Å². The van der Waals surface area contributed by atoms with E-state index in [1.165, 1.54) is 5.56 Å². The van der Waals surface area contributed by atoms with Gasteiger partial charge in [0, 0.05) is 39.8 Å². The van der Waals surface area contributed by atoms with Crippen molar-refractivity contribution in [2.45, 2.75) is 12.8 Å². The van der Waals surface area contributed by atoms with Crippen LogP contribution in [0.2, 0.25) is 0 Å². The van der Waals surface area contributed by atoms with E-state index in [9.17, 15) is 0 Å². The van der Waals surface area contributed by atoms with Crippen molar-refractivity contribution in [3.63, 3.8) is 0 Å². The largest absolute Gasteiger partial charge is 0.497 e. The molecule has 0 aliphatic carbocycles. The lowest BCUT2D eigenvalue weighted by Crippen LogP contribution is -2.44. The van der Waals surface area contributed by atoms with Crippen LogP contribution in [-0.4, -0.2) is 71.0 Å². The molecule has 6 nitrogen and oxygen atoms in total. The van der Waals surface area contributed by atoms with Gasteiger partial charge >= 0.3 is 0 Å². The third-order valence-corrected chi connectivity index (χ3v) is 4.12. The molecule has 1 heterocycles. The first-order chi connectivity index (χ1) is 11.8. The number of methoxy groups -OCH3 is 1. The van der Waals surface area contributed by atoms with Crippen LogP contribution in [0.15, 0.2) is 29.3 Å². The number of aryl methyl sites for hydroxylation is 1. The van der Waals surface area contributed by atoms with Crippen LogP contribution in [0.5, 0.6) is 5.75 Å². The fraction of sp³-hybridized carbons (Fsp3) is 0.611. The fourth-order valence-electron chi connectivity index (χ4n) is 2.71. The van der Waals surface area contributed by atoms with E-state index >= 15 is 0 Å². The summed E-state index contributed by atoms with van der Waals surface area (Å²) in [5, 5.41) is 6.74. The molecular formula is C18H31IN4O2. The molecule has 0 unspecified atom stereocenters. The number of halogens is 1. The second-order valence-electron chi connectivity index (χ2n) is 5.83. The zero-order valence-corrected chi connectivity index (χ0v) is 17.6. The number of rotatable bonds is 8. The van der Waals surface area contributed by atoms with Gasteiger partial charge in [0.05, 0.1) is 20.3 Å². The van der Waals surface area contributed by atoms with Gasteiger partial charge in [-0.2, -0.15) is 0 Å². The van der Waals surface area contributed by atoms with Crippen LogP contribution in [0.4, 0.5) is 0 Å². The Morgan fingerprint density at radius 3 is 2.72 bits per heavy atom. The Labute approximate surface area is 168 Å². The van der Waals surface area contributed by atoms with Gasteiger partial charge in [-0.15, -0.1) is 24.0 Å². The molecule has 0 spiro atoms. The molecule has 0 atom stereocenters. The molecule has 2 rings (SSSR count). The number of benzene rings is 1. The molecule has 1 aromatic carbocycles. The number of aliphatic imine (C=N–C) groups is 1. The van der Waals surface area contributed by atoms with Gasteiger partial charge in [0.15, 0.2) is 5.96 Å². The van der Waals surface area contributed by atoms with Gasteiger partial charge in [-0.05, 0) is 30.5 Å². The smallest absolute Gasteiger partial charge is 0.191 e. The van der Waals surface area contributed by atoms with Crippen LogP contribution in [0.25, 0.3) is 0 Å². The minimum Gasteiger partial charge on any atom is -0.497 e. The Kier molecular flexibility index (Phi) is 11.6.